The molecule has 1 aromatic carbocycles. The lowest BCUT2D eigenvalue weighted by Crippen LogP contribution is -2.06. The van der Waals surface area contributed by atoms with Gasteiger partial charge in [-0.2, -0.15) is 0 Å². The SMILES string of the molecule is CCCOC(CBr)c1cccc(C)c1. The second kappa shape index (κ2) is 6.20. The van der Waals surface area contributed by atoms with Gasteiger partial charge in [0.1, 0.15) is 0 Å². The number of alkyl halides is 1. The molecule has 2 heteroatoms. The lowest BCUT2D eigenvalue weighted by molar-refractivity contribution is 0.0703. The van der Waals surface area contributed by atoms with Crippen molar-refractivity contribution >= 4 is 15.9 Å². The van der Waals surface area contributed by atoms with Crippen molar-refractivity contribution in [2.45, 2.75) is 26.4 Å². The number of benzene rings is 1. The fourth-order valence-electron chi connectivity index (χ4n) is 1.36. The van der Waals surface area contributed by atoms with Crippen LogP contribution >= 0.6 is 15.9 Å². The van der Waals surface area contributed by atoms with Gasteiger partial charge in [-0.1, -0.05) is 52.7 Å². The van der Waals surface area contributed by atoms with Crippen LogP contribution in [0.4, 0.5) is 0 Å². The molecule has 0 saturated carbocycles. The monoisotopic (exact) mass is 256 g/mol. The van der Waals surface area contributed by atoms with Gasteiger partial charge in [0, 0.05) is 11.9 Å². The van der Waals surface area contributed by atoms with Crippen molar-refractivity contribution in [2.24, 2.45) is 0 Å². The van der Waals surface area contributed by atoms with Crippen LogP contribution in [0.25, 0.3) is 0 Å². The van der Waals surface area contributed by atoms with Gasteiger partial charge in [-0.3, -0.25) is 0 Å². The molecule has 0 aliphatic heterocycles. The van der Waals surface area contributed by atoms with Crippen LogP contribution in [0.2, 0.25) is 0 Å². The number of halogens is 1. The van der Waals surface area contributed by atoms with Crippen LogP contribution < -0.4 is 0 Å². The van der Waals surface area contributed by atoms with Gasteiger partial charge in [0.2, 0.25) is 0 Å². The molecule has 0 bridgehead atoms. The normalized spacial score (nSPS) is 12.8. The smallest absolute Gasteiger partial charge is 0.0921 e. The molecule has 0 saturated heterocycles. The van der Waals surface area contributed by atoms with Crippen molar-refractivity contribution in [1.82, 2.24) is 0 Å². The Morgan fingerprint density at radius 2 is 2.21 bits per heavy atom. The van der Waals surface area contributed by atoms with E-state index in [0.717, 1.165) is 18.4 Å². The maximum atomic E-state index is 5.73. The Hall–Kier alpha value is -0.340. The average Bonchev–Trinajstić information content (AvgIpc) is 2.19. The third-order valence-electron chi connectivity index (χ3n) is 2.08. The number of aryl methyl sites for hydroxylation is 1. The summed E-state index contributed by atoms with van der Waals surface area (Å²) in [7, 11) is 0. The van der Waals surface area contributed by atoms with Gasteiger partial charge < -0.3 is 4.74 Å². The highest BCUT2D eigenvalue weighted by Gasteiger charge is 2.09. The minimum absolute atomic E-state index is 0.190. The molecule has 0 N–H and O–H groups in total. The summed E-state index contributed by atoms with van der Waals surface area (Å²) in [6.45, 7) is 5.06. The fraction of sp³-hybridized carbons (Fsp3) is 0.500. The molecule has 0 aliphatic rings. The minimum atomic E-state index is 0.190. The van der Waals surface area contributed by atoms with Crippen molar-refractivity contribution in [2.75, 3.05) is 11.9 Å². The summed E-state index contributed by atoms with van der Waals surface area (Å²) in [4.78, 5) is 0. The number of ether oxygens (including phenoxy) is 1. The predicted octanol–water partition coefficient (Wildman–Crippen LogP) is 3.86. The van der Waals surface area contributed by atoms with Crippen LogP contribution in [0.1, 0.15) is 30.6 Å². The molecular weight excluding hydrogens is 240 g/mol. The summed E-state index contributed by atoms with van der Waals surface area (Å²) < 4.78 is 5.73. The fourth-order valence-corrected chi connectivity index (χ4v) is 1.92. The van der Waals surface area contributed by atoms with E-state index < -0.39 is 0 Å². The molecule has 0 fully saturated rings. The second-order valence-corrected chi connectivity index (χ2v) is 4.08. The summed E-state index contributed by atoms with van der Waals surface area (Å²) in [5.41, 5.74) is 2.55. The largest absolute Gasteiger partial charge is 0.373 e. The molecule has 1 unspecified atom stereocenters. The van der Waals surface area contributed by atoms with Crippen molar-refractivity contribution in [3.8, 4) is 0 Å². The molecule has 1 atom stereocenters. The van der Waals surface area contributed by atoms with E-state index in [4.69, 9.17) is 4.74 Å². The third-order valence-corrected chi connectivity index (χ3v) is 2.67. The zero-order chi connectivity index (χ0) is 10.4. The number of hydrogen-bond donors (Lipinski definition) is 0. The van der Waals surface area contributed by atoms with E-state index in [2.05, 4.69) is 54.0 Å². The summed E-state index contributed by atoms with van der Waals surface area (Å²) >= 11 is 3.48. The van der Waals surface area contributed by atoms with E-state index in [9.17, 15) is 0 Å². The Labute approximate surface area is 94.6 Å². The highest BCUT2D eigenvalue weighted by Crippen LogP contribution is 2.20. The molecule has 0 radical (unpaired) electrons. The molecule has 0 amide bonds. The van der Waals surface area contributed by atoms with Crippen molar-refractivity contribution < 1.29 is 4.74 Å². The van der Waals surface area contributed by atoms with E-state index in [1.54, 1.807) is 0 Å². The Balaban J connectivity index is 2.68. The van der Waals surface area contributed by atoms with E-state index in [0.29, 0.717) is 0 Å². The number of rotatable bonds is 5. The summed E-state index contributed by atoms with van der Waals surface area (Å²) in [6, 6.07) is 8.49. The van der Waals surface area contributed by atoms with Crippen LogP contribution in [0.3, 0.4) is 0 Å². The maximum Gasteiger partial charge on any atom is 0.0921 e. The van der Waals surface area contributed by atoms with Gasteiger partial charge >= 0.3 is 0 Å². The minimum Gasteiger partial charge on any atom is -0.373 e. The van der Waals surface area contributed by atoms with Gasteiger partial charge in [0.25, 0.3) is 0 Å². The summed E-state index contributed by atoms with van der Waals surface area (Å²) in [5, 5.41) is 0.858. The quantitative estimate of drug-likeness (QED) is 0.728. The van der Waals surface area contributed by atoms with E-state index in [-0.39, 0.29) is 6.10 Å². The molecule has 0 spiro atoms. The summed E-state index contributed by atoms with van der Waals surface area (Å²) in [5.74, 6) is 0. The highest BCUT2D eigenvalue weighted by molar-refractivity contribution is 9.09. The van der Waals surface area contributed by atoms with Crippen LogP contribution in [0.15, 0.2) is 24.3 Å². The average molecular weight is 257 g/mol. The summed E-state index contributed by atoms with van der Waals surface area (Å²) in [6.07, 6.45) is 1.25. The predicted molar refractivity (Wildman–Crippen MR) is 64.0 cm³/mol. The number of hydrogen-bond acceptors (Lipinski definition) is 1. The topological polar surface area (TPSA) is 9.23 Å². The first-order valence-electron chi connectivity index (χ1n) is 5.02. The van der Waals surface area contributed by atoms with Gasteiger partial charge in [-0.05, 0) is 18.9 Å². The van der Waals surface area contributed by atoms with Gasteiger partial charge in [-0.15, -0.1) is 0 Å². The van der Waals surface area contributed by atoms with E-state index >= 15 is 0 Å². The third kappa shape index (κ3) is 3.43. The first-order chi connectivity index (χ1) is 6.77. The van der Waals surface area contributed by atoms with Gasteiger partial charge in [0.15, 0.2) is 0 Å². The second-order valence-electron chi connectivity index (χ2n) is 3.43. The van der Waals surface area contributed by atoms with E-state index in [1.165, 1.54) is 11.1 Å². The van der Waals surface area contributed by atoms with E-state index in [1.807, 2.05) is 0 Å². The molecule has 1 nitrogen and oxygen atoms in total. The highest BCUT2D eigenvalue weighted by atomic mass is 79.9. The van der Waals surface area contributed by atoms with Crippen molar-refractivity contribution in [1.29, 1.82) is 0 Å². The molecule has 0 heterocycles. The Morgan fingerprint density at radius 3 is 2.79 bits per heavy atom. The Bertz CT molecular complexity index is 273. The molecule has 1 rings (SSSR count). The van der Waals surface area contributed by atoms with Crippen molar-refractivity contribution in [3.05, 3.63) is 35.4 Å². The lowest BCUT2D eigenvalue weighted by atomic mass is 10.1. The first-order valence-corrected chi connectivity index (χ1v) is 6.14. The molecule has 78 valence electrons. The van der Waals surface area contributed by atoms with Crippen LogP contribution in [-0.4, -0.2) is 11.9 Å². The van der Waals surface area contributed by atoms with Crippen LogP contribution in [0, 0.1) is 6.92 Å². The Kier molecular flexibility index (Phi) is 5.20. The Morgan fingerprint density at radius 1 is 1.43 bits per heavy atom. The van der Waals surface area contributed by atoms with Crippen molar-refractivity contribution in [3.63, 3.8) is 0 Å². The molecule has 1 aromatic rings. The molecular formula is C12H17BrO. The first kappa shape index (κ1) is 11.7. The zero-order valence-electron chi connectivity index (χ0n) is 8.79. The maximum absolute atomic E-state index is 5.73. The zero-order valence-corrected chi connectivity index (χ0v) is 10.4. The lowest BCUT2D eigenvalue weighted by Gasteiger charge is -2.15. The van der Waals surface area contributed by atoms with Crippen LogP contribution in [0.5, 0.6) is 0 Å². The molecule has 0 aliphatic carbocycles. The standard InChI is InChI=1S/C12H17BrO/c1-3-7-14-12(9-13)11-6-4-5-10(2)8-11/h4-6,8,12H,3,7,9H2,1-2H3. The molecule has 14 heavy (non-hydrogen) atoms. The van der Waals surface area contributed by atoms with Gasteiger partial charge in [-0.25, -0.2) is 0 Å². The van der Waals surface area contributed by atoms with Gasteiger partial charge in [0.05, 0.1) is 6.10 Å². The molecule has 0 aromatic heterocycles. The van der Waals surface area contributed by atoms with Crippen LogP contribution in [-0.2, 0) is 4.74 Å².